The van der Waals surface area contributed by atoms with Gasteiger partial charge in [-0.3, -0.25) is 0 Å². The molecule has 0 aromatic heterocycles. The van der Waals surface area contributed by atoms with Crippen LogP contribution in [0.15, 0.2) is 40.9 Å². The quantitative estimate of drug-likeness (QED) is 0.771. The average Bonchev–Trinajstić information content (AvgIpc) is 2.45. The second-order valence-electron chi connectivity index (χ2n) is 4.52. The number of carbonyl (C=O) groups excluding carboxylic acids is 1. The first kappa shape index (κ1) is 15.5. The molecular weight excluding hydrogens is 339 g/mol. The van der Waals surface area contributed by atoms with Gasteiger partial charge in [0.1, 0.15) is 18.2 Å². The summed E-state index contributed by atoms with van der Waals surface area (Å²) in [6.07, 6.45) is 0. The van der Waals surface area contributed by atoms with Crippen molar-refractivity contribution in [3.05, 3.63) is 63.4 Å². The molecule has 0 atom stereocenters. The van der Waals surface area contributed by atoms with Gasteiger partial charge in [-0.15, -0.1) is 0 Å². The van der Waals surface area contributed by atoms with E-state index < -0.39 is 11.8 Å². The third kappa shape index (κ3) is 3.82. The molecule has 0 saturated heterocycles. The molecule has 2 aromatic rings. The molecule has 0 amide bonds. The molecule has 21 heavy (non-hydrogen) atoms. The number of rotatable bonds is 4. The Hall–Kier alpha value is -1.88. The van der Waals surface area contributed by atoms with Gasteiger partial charge in [-0.05, 0) is 37.3 Å². The number of esters is 1. The zero-order valence-corrected chi connectivity index (χ0v) is 13.2. The van der Waals surface area contributed by atoms with Crippen molar-refractivity contribution in [2.24, 2.45) is 0 Å². The van der Waals surface area contributed by atoms with Gasteiger partial charge in [0.2, 0.25) is 0 Å². The highest BCUT2D eigenvalue weighted by molar-refractivity contribution is 9.10. The topological polar surface area (TPSA) is 35.5 Å². The maximum Gasteiger partial charge on any atom is 0.341 e. The lowest BCUT2D eigenvalue weighted by atomic mass is 10.1. The van der Waals surface area contributed by atoms with E-state index in [-0.39, 0.29) is 12.2 Å². The summed E-state index contributed by atoms with van der Waals surface area (Å²) in [6, 6.07) is 9.77. The summed E-state index contributed by atoms with van der Waals surface area (Å²) < 4.78 is 24.6. The predicted molar refractivity (Wildman–Crippen MR) is 81.0 cm³/mol. The van der Waals surface area contributed by atoms with Crippen molar-refractivity contribution < 1.29 is 18.7 Å². The molecule has 0 unspecified atom stereocenters. The molecule has 0 aliphatic rings. The summed E-state index contributed by atoms with van der Waals surface area (Å²) >= 11 is 3.14. The third-order valence-corrected chi connectivity index (χ3v) is 3.44. The van der Waals surface area contributed by atoms with Crippen LogP contribution in [-0.4, -0.2) is 13.1 Å². The summed E-state index contributed by atoms with van der Waals surface area (Å²) in [7, 11) is 1.55. The van der Waals surface area contributed by atoms with Crippen molar-refractivity contribution in [3.63, 3.8) is 0 Å². The Morgan fingerprint density at radius 2 is 2.00 bits per heavy atom. The Kier molecular flexibility index (Phi) is 4.96. The monoisotopic (exact) mass is 352 g/mol. The molecule has 0 spiro atoms. The maximum atomic E-state index is 13.7. The van der Waals surface area contributed by atoms with Crippen molar-refractivity contribution in [1.29, 1.82) is 0 Å². The van der Waals surface area contributed by atoms with Crippen LogP contribution in [0.4, 0.5) is 4.39 Å². The highest BCUT2D eigenvalue weighted by Gasteiger charge is 2.14. The molecule has 0 heterocycles. The molecule has 0 aliphatic carbocycles. The smallest absolute Gasteiger partial charge is 0.341 e. The van der Waals surface area contributed by atoms with Gasteiger partial charge in [0.15, 0.2) is 0 Å². The fourth-order valence-corrected chi connectivity index (χ4v) is 2.23. The van der Waals surface area contributed by atoms with Crippen LogP contribution in [0.5, 0.6) is 5.75 Å². The second-order valence-corrected chi connectivity index (χ2v) is 5.43. The lowest BCUT2D eigenvalue weighted by Crippen LogP contribution is -2.08. The number of benzene rings is 2. The number of methoxy groups -OCH3 is 1. The van der Waals surface area contributed by atoms with E-state index in [4.69, 9.17) is 9.47 Å². The number of halogens is 2. The minimum atomic E-state index is -0.705. The molecule has 2 rings (SSSR count). The van der Waals surface area contributed by atoms with Crippen LogP contribution in [-0.2, 0) is 11.3 Å². The number of hydrogen-bond acceptors (Lipinski definition) is 3. The number of carbonyl (C=O) groups is 1. The number of ether oxygens (including phenoxy) is 2. The van der Waals surface area contributed by atoms with Gasteiger partial charge in [0, 0.05) is 10.0 Å². The van der Waals surface area contributed by atoms with Crippen LogP contribution in [0.3, 0.4) is 0 Å². The van der Waals surface area contributed by atoms with Crippen LogP contribution < -0.4 is 4.74 Å². The molecular formula is C16H14BrFO3. The van der Waals surface area contributed by atoms with Crippen LogP contribution in [0.25, 0.3) is 0 Å². The van der Waals surface area contributed by atoms with E-state index in [1.54, 1.807) is 19.2 Å². The Bertz CT molecular complexity index is 671. The van der Waals surface area contributed by atoms with Crippen molar-refractivity contribution >= 4 is 21.9 Å². The number of aryl methyl sites for hydroxylation is 1. The molecule has 0 fully saturated rings. The van der Waals surface area contributed by atoms with Crippen molar-refractivity contribution in [3.8, 4) is 5.75 Å². The molecule has 110 valence electrons. The summed E-state index contributed by atoms with van der Waals surface area (Å²) in [5, 5.41) is 0. The lowest BCUT2D eigenvalue weighted by molar-refractivity contribution is 0.0464. The van der Waals surface area contributed by atoms with Gasteiger partial charge in [-0.25, -0.2) is 9.18 Å². The van der Waals surface area contributed by atoms with Gasteiger partial charge < -0.3 is 9.47 Å². The van der Waals surface area contributed by atoms with Gasteiger partial charge >= 0.3 is 5.97 Å². The van der Waals surface area contributed by atoms with Gasteiger partial charge in [0.25, 0.3) is 0 Å². The SMILES string of the molecule is COc1ccc(C)cc1COC(=O)c1ccc(Br)cc1F. The molecule has 5 heteroatoms. The first-order valence-electron chi connectivity index (χ1n) is 6.27. The standard InChI is InChI=1S/C16H14BrFO3/c1-10-3-6-15(20-2)11(7-10)9-21-16(19)13-5-4-12(17)8-14(13)18/h3-8H,9H2,1-2H3. The fourth-order valence-electron chi connectivity index (χ4n) is 1.90. The summed E-state index contributed by atoms with van der Waals surface area (Å²) in [6.45, 7) is 1.96. The largest absolute Gasteiger partial charge is 0.496 e. The van der Waals surface area contributed by atoms with Crippen molar-refractivity contribution in [1.82, 2.24) is 0 Å². The average molecular weight is 353 g/mol. The first-order valence-corrected chi connectivity index (χ1v) is 7.06. The van der Waals surface area contributed by atoms with E-state index in [0.717, 1.165) is 11.1 Å². The second kappa shape index (κ2) is 6.72. The summed E-state index contributed by atoms with van der Waals surface area (Å²) in [5.41, 5.74) is 1.67. The Balaban J connectivity index is 2.12. The minimum absolute atomic E-state index is 0.0270. The fraction of sp³-hybridized carbons (Fsp3) is 0.188. The van der Waals surface area contributed by atoms with Crippen LogP contribution in [0, 0.1) is 12.7 Å². The highest BCUT2D eigenvalue weighted by atomic mass is 79.9. The normalized spacial score (nSPS) is 10.3. The van der Waals surface area contributed by atoms with E-state index >= 15 is 0 Å². The molecule has 0 aliphatic heterocycles. The van der Waals surface area contributed by atoms with E-state index in [1.165, 1.54) is 12.1 Å². The van der Waals surface area contributed by atoms with E-state index in [9.17, 15) is 9.18 Å². The highest BCUT2D eigenvalue weighted by Crippen LogP contribution is 2.22. The van der Waals surface area contributed by atoms with Gasteiger partial charge in [-0.1, -0.05) is 27.6 Å². The third-order valence-electron chi connectivity index (χ3n) is 2.95. The van der Waals surface area contributed by atoms with Gasteiger partial charge in [0.05, 0.1) is 12.7 Å². The van der Waals surface area contributed by atoms with Crippen molar-refractivity contribution in [2.75, 3.05) is 7.11 Å². The van der Waals surface area contributed by atoms with E-state index in [1.807, 2.05) is 19.1 Å². The summed E-state index contributed by atoms with van der Waals surface area (Å²) in [4.78, 5) is 11.9. The molecule has 0 saturated carbocycles. The molecule has 0 radical (unpaired) electrons. The van der Waals surface area contributed by atoms with E-state index in [0.29, 0.717) is 10.2 Å². The zero-order chi connectivity index (χ0) is 15.4. The maximum absolute atomic E-state index is 13.7. The van der Waals surface area contributed by atoms with Crippen molar-refractivity contribution in [2.45, 2.75) is 13.5 Å². The lowest BCUT2D eigenvalue weighted by Gasteiger charge is -2.10. The molecule has 2 aromatic carbocycles. The molecule has 3 nitrogen and oxygen atoms in total. The Labute approximate surface area is 130 Å². The van der Waals surface area contributed by atoms with E-state index in [2.05, 4.69) is 15.9 Å². The Morgan fingerprint density at radius 1 is 1.24 bits per heavy atom. The van der Waals surface area contributed by atoms with Crippen LogP contribution in [0.1, 0.15) is 21.5 Å². The van der Waals surface area contributed by atoms with Gasteiger partial charge in [-0.2, -0.15) is 0 Å². The molecule has 0 bridgehead atoms. The van der Waals surface area contributed by atoms with Crippen LogP contribution >= 0.6 is 15.9 Å². The summed E-state index contributed by atoms with van der Waals surface area (Å²) in [5.74, 6) is -0.696. The Morgan fingerprint density at radius 3 is 2.67 bits per heavy atom. The first-order chi connectivity index (χ1) is 10.0. The zero-order valence-electron chi connectivity index (χ0n) is 11.7. The minimum Gasteiger partial charge on any atom is -0.496 e. The van der Waals surface area contributed by atoms with Crippen LogP contribution in [0.2, 0.25) is 0 Å². The number of hydrogen-bond donors (Lipinski definition) is 0. The predicted octanol–water partition coefficient (Wildman–Crippen LogP) is 4.26. The molecule has 0 N–H and O–H groups in total.